The Bertz CT molecular complexity index is 1150. The molecule has 0 spiro atoms. The molecular weight excluding hydrogens is 457 g/mol. The lowest BCUT2D eigenvalue weighted by Crippen LogP contribution is -3.00. The molecule has 0 aliphatic heterocycles. The molecular formula is C26H21ClNO4P. The van der Waals surface area contributed by atoms with Gasteiger partial charge in [0, 0.05) is 17.7 Å². The van der Waals surface area contributed by atoms with E-state index in [0.29, 0.717) is 18.0 Å². The van der Waals surface area contributed by atoms with Gasteiger partial charge in [0.15, 0.2) is 6.29 Å². The first-order chi connectivity index (χ1) is 15.6. The van der Waals surface area contributed by atoms with Gasteiger partial charge >= 0.3 is 0 Å². The number of aromatic hydroxyl groups is 1. The number of halogens is 1. The Hall–Kier alpha value is -3.53. The SMILES string of the molecule is O=Cc1cc([N+](=O)[O-])cc(C[P+](c2ccccc2)(c2ccccc2)c2ccccc2)c1O.[Cl-]. The van der Waals surface area contributed by atoms with Crippen LogP contribution < -0.4 is 28.3 Å². The van der Waals surface area contributed by atoms with Crippen LogP contribution in [0.4, 0.5) is 5.69 Å². The fourth-order valence-corrected chi connectivity index (χ4v) is 8.28. The van der Waals surface area contributed by atoms with Crippen LogP contribution in [0.3, 0.4) is 0 Å². The Morgan fingerprint density at radius 3 is 1.58 bits per heavy atom. The summed E-state index contributed by atoms with van der Waals surface area (Å²) in [5.41, 5.74) is 0.0832. The van der Waals surface area contributed by atoms with Gasteiger partial charge < -0.3 is 17.5 Å². The van der Waals surface area contributed by atoms with Gasteiger partial charge in [-0.05, 0) is 36.4 Å². The molecule has 0 saturated carbocycles. The minimum Gasteiger partial charge on any atom is -1.00 e. The quantitative estimate of drug-likeness (QED) is 0.190. The van der Waals surface area contributed by atoms with E-state index in [0.717, 1.165) is 22.0 Å². The molecule has 0 radical (unpaired) electrons. The molecule has 4 aromatic carbocycles. The zero-order valence-electron chi connectivity index (χ0n) is 17.5. The maximum atomic E-state index is 11.6. The van der Waals surface area contributed by atoms with Crippen LogP contribution in [0.1, 0.15) is 15.9 Å². The third-order valence-corrected chi connectivity index (χ3v) is 9.89. The minimum absolute atomic E-state index is 0. The monoisotopic (exact) mass is 477 g/mol. The van der Waals surface area contributed by atoms with Crippen LogP contribution in [0.2, 0.25) is 0 Å². The van der Waals surface area contributed by atoms with Gasteiger partial charge in [0.1, 0.15) is 35.1 Å². The van der Waals surface area contributed by atoms with E-state index in [1.54, 1.807) is 0 Å². The second-order valence-corrected chi connectivity index (χ2v) is 10.9. The van der Waals surface area contributed by atoms with Crippen LogP contribution in [-0.4, -0.2) is 16.3 Å². The standard InChI is InChI=1S/C26H20NO4P.ClH/c28-18-20-16-22(27(30)31)17-21(26(20)29)19-32(23-10-4-1-5-11-23,24-12-6-2-7-13-24)25-14-8-3-9-15-25;/h1-18H,19H2;1H. The molecule has 0 aliphatic carbocycles. The highest BCUT2D eigenvalue weighted by Crippen LogP contribution is 2.59. The predicted octanol–water partition coefficient (Wildman–Crippen LogP) is 1.61. The number of rotatable bonds is 7. The van der Waals surface area contributed by atoms with Crippen molar-refractivity contribution in [3.8, 4) is 5.75 Å². The molecule has 0 fully saturated rings. The fraction of sp³-hybridized carbons (Fsp3) is 0.0385. The summed E-state index contributed by atoms with van der Waals surface area (Å²) in [6, 6.07) is 32.5. The van der Waals surface area contributed by atoms with E-state index in [1.807, 2.05) is 54.6 Å². The number of carbonyl (C=O) groups is 1. The van der Waals surface area contributed by atoms with Gasteiger partial charge in [-0.25, -0.2) is 0 Å². The molecule has 0 heterocycles. The van der Waals surface area contributed by atoms with Crippen molar-refractivity contribution in [2.45, 2.75) is 6.16 Å². The fourth-order valence-electron chi connectivity index (χ4n) is 4.04. The molecule has 1 N–H and O–H groups in total. The lowest BCUT2D eigenvalue weighted by atomic mass is 10.1. The topological polar surface area (TPSA) is 80.4 Å². The molecule has 33 heavy (non-hydrogen) atoms. The van der Waals surface area contributed by atoms with Crippen molar-refractivity contribution in [2.24, 2.45) is 0 Å². The van der Waals surface area contributed by atoms with Crippen LogP contribution in [-0.2, 0) is 6.16 Å². The number of carbonyl (C=O) groups excluding carboxylic acids is 1. The highest BCUT2D eigenvalue weighted by Gasteiger charge is 2.46. The first-order valence-electron chi connectivity index (χ1n) is 10.1. The average molecular weight is 478 g/mol. The van der Waals surface area contributed by atoms with E-state index < -0.39 is 12.2 Å². The Morgan fingerprint density at radius 1 is 0.788 bits per heavy atom. The van der Waals surface area contributed by atoms with E-state index in [1.165, 1.54) is 6.07 Å². The van der Waals surface area contributed by atoms with Crippen molar-refractivity contribution < 1.29 is 27.2 Å². The van der Waals surface area contributed by atoms with Crippen LogP contribution in [0.25, 0.3) is 0 Å². The van der Waals surface area contributed by atoms with E-state index in [2.05, 4.69) is 36.4 Å². The van der Waals surface area contributed by atoms with Crippen molar-refractivity contribution in [2.75, 3.05) is 0 Å². The van der Waals surface area contributed by atoms with Crippen molar-refractivity contribution in [1.82, 2.24) is 0 Å². The first-order valence-corrected chi connectivity index (χ1v) is 12.0. The summed E-state index contributed by atoms with van der Waals surface area (Å²) in [4.78, 5) is 22.5. The summed E-state index contributed by atoms with van der Waals surface area (Å²) in [7, 11) is -2.38. The molecule has 5 nitrogen and oxygen atoms in total. The van der Waals surface area contributed by atoms with Crippen LogP contribution in [0.15, 0.2) is 103 Å². The molecule has 0 amide bonds. The van der Waals surface area contributed by atoms with E-state index in [4.69, 9.17) is 0 Å². The Labute approximate surface area is 198 Å². The summed E-state index contributed by atoms with van der Waals surface area (Å²) in [5.74, 6) is -0.210. The van der Waals surface area contributed by atoms with Crippen molar-refractivity contribution in [3.63, 3.8) is 0 Å². The van der Waals surface area contributed by atoms with E-state index >= 15 is 0 Å². The molecule has 0 aromatic heterocycles. The van der Waals surface area contributed by atoms with Crippen LogP contribution in [0.5, 0.6) is 5.75 Å². The van der Waals surface area contributed by atoms with Crippen molar-refractivity contribution in [1.29, 1.82) is 0 Å². The predicted molar refractivity (Wildman–Crippen MR) is 129 cm³/mol. The largest absolute Gasteiger partial charge is 1.00 e. The highest BCUT2D eigenvalue weighted by molar-refractivity contribution is 7.95. The van der Waals surface area contributed by atoms with Gasteiger partial charge in [0.2, 0.25) is 0 Å². The normalized spacial score (nSPS) is 10.8. The molecule has 0 aliphatic rings. The Morgan fingerprint density at radius 2 is 1.21 bits per heavy atom. The average Bonchev–Trinajstić information content (AvgIpc) is 2.85. The summed E-state index contributed by atoms with van der Waals surface area (Å²) >= 11 is 0. The molecule has 7 heteroatoms. The molecule has 0 bridgehead atoms. The smallest absolute Gasteiger partial charge is 0.270 e. The van der Waals surface area contributed by atoms with Gasteiger partial charge in [-0.1, -0.05) is 54.6 Å². The summed E-state index contributed by atoms with van der Waals surface area (Å²) in [5, 5.41) is 25.6. The number of non-ortho nitro benzene ring substituents is 1. The number of nitro groups is 1. The van der Waals surface area contributed by atoms with Gasteiger partial charge in [0.25, 0.3) is 5.69 Å². The maximum absolute atomic E-state index is 11.6. The second kappa shape index (κ2) is 10.4. The number of nitrogens with zero attached hydrogens (tertiary/aromatic N) is 1. The molecule has 0 saturated heterocycles. The molecule has 4 rings (SSSR count). The number of phenolic OH excluding ortho intramolecular Hbond substituents is 1. The first kappa shape index (κ1) is 24.1. The Balaban J connectivity index is 0.00000306. The van der Waals surface area contributed by atoms with Crippen LogP contribution >= 0.6 is 7.26 Å². The molecule has 0 unspecified atom stereocenters. The van der Waals surface area contributed by atoms with Gasteiger partial charge in [-0.3, -0.25) is 14.9 Å². The number of hydrogen-bond donors (Lipinski definition) is 1. The maximum Gasteiger partial charge on any atom is 0.270 e. The third-order valence-electron chi connectivity index (χ3n) is 5.54. The van der Waals surface area contributed by atoms with Gasteiger partial charge in [-0.15, -0.1) is 0 Å². The lowest BCUT2D eigenvalue weighted by Gasteiger charge is -2.28. The Kier molecular flexibility index (Phi) is 7.59. The third kappa shape index (κ3) is 4.65. The van der Waals surface area contributed by atoms with Crippen LogP contribution in [0, 0.1) is 10.1 Å². The number of hydrogen-bond acceptors (Lipinski definition) is 4. The van der Waals surface area contributed by atoms with Crippen molar-refractivity contribution >= 4 is 35.1 Å². The highest BCUT2D eigenvalue weighted by atomic mass is 35.5. The number of phenols is 1. The van der Waals surface area contributed by atoms with Gasteiger partial charge in [-0.2, -0.15) is 0 Å². The molecule has 0 atom stereocenters. The lowest BCUT2D eigenvalue weighted by molar-refractivity contribution is -0.384. The summed E-state index contributed by atoms with van der Waals surface area (Å²) in [6.45, 7) is 0. The van der Waals surface area contributed by atoms with E-state index in [9.17, 15) is 20.0 Å². The minimum atomic E-state index is -2.38. The van der Waals surface area contributed by atoms with Gasteiger partial charge in [0.05, 0.1) is 10.5 Å². The van der Waals surface area contributed by atoms with Crippen molar-refractivity contribution in [3.05, 3.63) is 124 Å². The number of aldehydes is 1. The summed E-state index contributed by atoms with van der Waals surface area (Å²) in [6.07, 6.45) is 0.791. The molecule has 4 aromatic rings. The number of nitro benzene ring substituents is 1. The zero-order valence-corrected chi connectivity index (χ0v) is 19.2. The van der Waals surface area contributed by atoms with E-state index in [-0.39, 0.29) is 29.4 Å². The summed E-state index contributed by atoms with van der Waals surface area (Å²) < 4.78 is 0. The zero-order chi connectivity index (χ0) is 22.6. The molecule has 166 valence electrons. The number of benzene rings is 4. The second-order valence-electron chi connectivity index (χ2n) is 7.39.